The third-order valence-electron chi connectivity index (χ3n) is 2.96. The predicted molar refractivity (Wildman–Crippen MR) is 84.0 cm³/mol. The van der Waals surface area contributed by atoms with Gasteiger partial charge in [0.2, 0.25) is 11.8 Å². The first kappa shape index (κ1) is 17.8. The number of hydrogen-bond acceptors (Lipinski definition) is 4. The number of unbranched alkanes of at least 4 members (excludes halogenated alkanes) is 1. The van der Waals surface area contributed by atoms with Gasteiger partial charge in [-0.3, -0.25) is 9.59 Å². The van der Waals surface area contributed by atoms with Gasteiger partial charge in [0.1, 0.15) is 18.1 Å². The van der Waals surface area contributed by atoms with Crippen LogP contribution in [0.2, 0.25) is 0 Å². The van der Waals surface area contributed by atoms with Crippen LogP contribution >= 0.6 is 0 Å². The van der Waals surface area contributed by atoms with Gasteiger partial charge in [0.05, 0.1) is 20.2 Å². The molecule has 122 valence electrons. The number of hydrogen-bond donors (Lipinski definition) is 2. The molecule has 0 spiro atoms. The molecule has 0 saturated carbocycles. The van der Waals surface area contributed by atoms with Gasteiger partial charge in [0.25, 0.3) is 0 Å². The molecule has 2 N–H and O–H groups in total. The number of ether oxygens (including phenoxy) is 2. The van der Waals surface area contributed by atoms with Gasteiger partial charge in [-0.2, -0.15) is 0 Å². The molecule has 0 aromatic heterocycles. The molecule has 0 unspecified atom stereocenters. The summed E-state index contributed by atoms with van der Waals surface area (Å²) in [5.41, 5.74) is 0. The van der Waals surface area contributed by atoms with Crippen molar-refractivity contribution in [1.29, 1.82) is 0 Å². The van der Waals surface area contributed by atoms with E-state index in [2.05, 4.69) is 10.6 Å². The smallest absolute Gasteiger partial charge is 0.239 e. The first-order valence-electron chi connectivity index (χ1n) is 7.46. The van der Waals surface area contributed by atoms with Gasteiger partial charge < -0.3 is 20.1 Å². The van der Waals surface area contributed by atoms with Crippen LogP contribution in [0, 0.1) is 0 Å². The normalized spacial score (nSPS) is 9.91. The number of carbonyl (C=O) groups is 2. The molecule has 1 aromatic carbocycles. The first-order valence-corrected chi connectivity index (χ1v) is 7.46. The molecule has 0 saturated heterocycles. The second-order valence-corrected chi connectivity index (χ2v) is 4.75. The van der Waals surface area contributed by atoms with Crippen LogP contribution in [0.5, 0.6) is 11.5 Å². The Hall–Kier alpha value is -2.24. The van der Waals surface area contributed by atoms with Crippen molar-refractivity contribution in [2.45, 2.75) is 26.2 Å². The first-order chi connectivity index (χ1) is 10.7. The minimum absolute atomic E-state index is 0.00504. The van der Waals surface area contributed by atoms with Crippen molar-refractivity contribution in [2.24, 2.45) is 0 Å². The Morgan fingerprint density at radius 1 is 1.05 bits per heavy atom. The van der Waals surface area contributed by atoms with Crippen molar-refractivity contribution in [3.8, 4) is 11.5 Å². The van der Waals surface area contributed by atoms with Crippen LogP contribution < -0.4 is 20.1 Å². The Morgan fingerprint density at radius 2 is 1.73 bits per heavy atom. The number of carbonyl (C=O) groups excluding carboxylic acids is 2. The highest BCUT2D eigenvalue weighted by Gasteiger charge is 2.04. The SMILES string of the molecule is CCCCC(=O)NCC(=O)NCCOc1ccc(OC)cc1. The van der Waals surface area contributed by atoms with Gasteiger partial charge in [-0.1, -0.05) is 13.3 Å². The van der Waals surface area contributed by atoms with Crippen LogP contribution in [0.3, 0.4) is 0 Å². The fourth-order valence-corrected chi connectivity index (χ4v) is 1.70. The van der Waals surface area contributed by atoms with Gasteiger partial charge >= 0.3 is 0 Å². The van der Waals surface area contributed by atoms with Crippen LogP contribution in [-0.4, -0.2) is 38.6 Å². The standard InChI is InChI=1S/C16H24N2O4/c1-3-4-5-15(19)18-12-16(20)17-10-11-22-14-8-6-13(21-2)7-9-14/h6-9H,3-5,10-12H2,1-2H3,(H,17,20)(H,18,19). The molecule has 0 fully saturated rings. The van der Waals surface area contributed by atoms with Crippen molar-refractivity contribution in [3.05, 3.63) is 24.3 Å². The van der Waals surface area contributed by atoms with E-state index in [4.69, 9.17) is 9.47 Å². The second-order valence-electron chi connectivity index (χ2n) is 4.75. The molecule has 0 aliphatic carbocycles. The maximum absolute atomic E-state index is 11.5. The minimum Gasteiger partial charge on any atom is -0.497 e. The van der Waals surface area contributed by atoms with Crippen LogP contribution in [0.4, 0.5) is 0 Å². The number of nitrogens with one attached hydrogen (secondary N) is 2. The predicted octanol–water partition coefficient (Wildman–Crippen LogP) is 1.50. The molecule has 0 aliphatic heterocycles. The lowest BCUT2D eigenvalue weighted by molar-refractivity contribution is -0.126. The maximum atomic E-state index is 11.5. The Bertz CT molecular complexity index is 460. The average molecular weight is 308 g/mol. The van der Waals surface area contributed by atoms with Gasteiger partial charge in [-0.25, -0.2) is 0 Å². The maximum Gasteiger partial charge on any atom is 0.239 e. The summed E-state index contributed by atoms with van der Waals surface area (Å²) < 4.78 is 10.5. The summed E-state index contributed by atoms with van der Waals surface area (Å²) in [7, 11) is 1.60. The molecular formula is C16H24N2O4. The molecule has 0 atom stereocenters. The molecule has 0 heterocycles. The topological polar surface area (TPSA) is 76.7 Å². The third kappa shape index (κ3) is 7.52. The zero-order valence-corrected chi connectivity index (χ0v) is 13.2. The highest BCUT2D eigenvalue weighted by Crippen LogP contribution is 2.16. The van der Waals surface area contributed by atoms with Gasteiger partial charge in [-0.05, 0) is 30.7 Å². The van der Waals surface area contributed by atoms with E-state index in [1.165, 1.54) is 0 Å². The summed E-state index contributed by atoms with van der Waals surface area (Å²) in [4.78, 5) is 22.9. The summed E-state index contributed by atoms with van der Waals surface area (Å²) in [6.07, 6.45) is 2.26. The summed E-state index contributed by atoms with van der Waals surface area (Å²) in [6.45, 7) is 2.77. The van der Waals surface area contributed by atoms with Crippen molar-refractivity contribution in [2.75, 3.05) is 26.8 Å². The highest BCUT2D eigenvalue weighted by atomic mass is 16.5. The minimum atomic E-state index is -0.219. The lowest BCUT2D eigenvalue weighted by Gasteiger charge is -2.09. The van der Waals surface area contributed by atoms with Gasteiger partial charge in [0, 0.05) is 6.42 Å². The van der Waals surface area contributed by atoms with Crippen LogP contribution in [0.1, 0.15) is 26.2 Å². The molecule has 0 bridgehead atoms. The van der Waals surface area contributed by atoms with Gasteiger partial charge in [-0.15, -0.1) is 0 Å². The van der Waals surface area contributed by atoms with E-state index in [-0.39, 0.29) is 18.4 Å². The molecule has 1 rings (SSSR count). The Morgan fingerprint density at radius 3 is 2.36 bits per heavy atom. The molecule has 22 heavy (non-hydrogen) atoms. The van der Waals surface area contributed by atoms with E-state index in [9.17, 15) is 9.59 Å². The number of benzene rings is 1. The quantitative estimate of drug-likeness (QED) is 0.642. The average Bonchev–Trinajstić information content (AvgIpc) is 2.55. The van der Waals surface area contributed by atoms with Gasteiger partial charge in [0.15, 0.2) is 0 Å². The van der Waals surface area contributed by atoms with Crippen molar-refractivity contribution in [3.63, 3.8) is 0 Å². The van der Waals surface area contributed by atoms with Crippen LogP contribution in [-0.2, 0) is 9.59 Å². The van der Waals surface area contributed by atoms with E-state index in [0.717, 1.165) is 18.6 Å². The van der Waals surface area contributed by atoms with Crippen molar-refractivity contribution in [1.82, 2.24) is 10.6 Å². The van der Waals surface area contributed by atoms with E-state index in [0.29, 0.717) is 25.3 Å². The number of amides is 2. The second kappa shape index (κ2) is 10.5. The molecule has 1 aromatic rings. The molecule has 0 aliphatic rings. The van der Waals surface area contributed by atoms with Crippen LogP contribution in [0.25, 0.3) is 0 Å². The number of methoxy groups -OCH3 is 1. The zero-order chi connectivity index (χ0) is 16.2. The monoisotopic (exact) mass is 308 g/mol. The molecule has 6 heteroatoms. The third-order valence-corrected chi connectivity index (χ3v) is 2.96. The van der Waals surface area contributed by atoms with E-state index < -0.39 is 0 Å². The summed E-state index contributed by atoms with van der Waals surface area (Å²) >= 11 is 0. The summed E-state index contributed by atoms with van der Waals surface area (Å²) in [6, 6.07) is 7.21. The van der Waals surface area contributed by atoms with Crippen LogP contribution in [0.15, 0.2) is 24.3 Å². The lowest BCUT2D eigenvalue weighted by atomic mass is 10.2. The number of rotatable bonds is 10. The Balaban J connectivity index is 2.10. The fourth-order valence-electron chi connectivity index (χ4n) is 1.70. The summed E-state index contributed by atoms with van der Waals surface area (Å²) in [5.74, 6) is 1.16. The molecule has 0 radical (unpaired) electrons. The summed E-state index contributed by atoms with van der Waals surface area (Å²) in [5, 5.41) is 5.27. The Kier molecular flexibility index (Phi) is 8.49. The highest BCUT2D eigenvalue weighted by molar-refractivity contribution is 5.84. The fraction of sp³-hybridized carbons (Fsp3) is 0.500. The van der Waals surface area contributed by atoms with Crippen molar-refractivity contribution >= 4 is 11.8 Å². The van der Waals surface area contributed by atoms with E-state index in [1.807, 2.05) is 6.92 Å². The van der Waals surface area contributed by atoms with E-state index in [1.54, 1.807) is 31.4 Å². The van der Waals surface area contributed by atoms with E-state index >= 15 is 0 Å². The van der Waals surface area contributed by atoms with Crippen molar-refractivity contribution < 1.29 is 19.1 Å². The largest absolute Gasteiger partial charge is 0.497 e. The Labute approximate surface area is 131 Å². The lowest BCUT2D eigenvalue weighted by Crippen LogP contribution is -2.38. The molecule has 6 nitrogen and oxygen atoms in total. The molecular weight excluding hydrogens is 284 g/mol. The molecule has 2 amide bonds. The zero-order valence-electron chi connectivity index (χ0n) is 13.2.